The summed E-state index contributed by atoms with van der Waals surface area (Å²) in [6.45, 7) is -0.311. The normalized spacial score (nSPS) is 15.4. The second kappa shape index (κ2) is 5.64. The maximum atomic E-state index is 11.8. The summed E-state index contributed by atoms with van der Waals surface area (Å²) in [6, 6.07) is 0. The Morgan fingerprint density at radius 1 is 1.41 bits per heavy atom. The molecule has 0 N–H and O–H groups in total. The number of fused-ring (bicyclic) bond motifs is 1. The molecule has 0 aromatic carbocycles. The maximum absolute atomic E-state index is 11.8. The minimum Gasteiger partial charge on any atom is -0.375 e. The van der Waals surface area contributed by atoms with Gasteiger partial charge in [0.25, 0.3) is 6.43 Å². The summed E-state index contributed by atoms with van der Waals surface area (Å²) in [5.74, 6) is 0.0993. The quantitative estimate of drug-likeness (QED) is 0.764. The third-order valence-corrected chi connectivity index (χ3v) is 3.69. The second-order valence-electron chi connectivity index (χ2n) is 3.87. The Morgan fingerprint density at radius 3 is 2.94 bits per heavy atom. The lowest BCUT2D eigenvalue weighted by Gasteiger charge is -2.06. The monoisotopic (exact) mass is 261 g/mol. The zero-order chi connectivity index (χ0) is 12.3. The molecule has 0 fully saturated rings. The maximum Gasteiger partial charge on any atom is 0.261 e. The fraction of sp³-hybridized carbons (Fsp3) is 0.636. The topological polar surface area (TPSA) is 39.2 Å². The van der Waals surface area contributed by atoms with Crippen LogP contribution in [0.2, 0.25) is 0 Å². The molecule has 0 bridgehead atoms. The van der Waals surface area contributed by atoms with Gasteiger partial charge < -0.3 is 4.74 Å². The molecule has 1 aromatic heterocycles. The lowest BCUT2D eigenvalue weighted by molar-refractivity contribution is 0.0187. The molecule has 94 valence electrons. The van der Waals surface area contributed by atoms with Crippen LogP contribution in [0.15, 0.2) is 0 Å². The number of hydrogen-bond donors (Lipinski definition) is 0. The van der Waals surface area contributed by atoms with Crippen molar-refractivity contribution in [3.8, 4) is 0 Å². The van der Waals surface area contributed by atoms with E-state index >= 15 is 0 Å². The van der Waals surface area contributed by atoms with E-state index in [4.69, 9.17) is 4.74 Å². The van der Waals surface area contributed by atoms with Crippen molar-refractivity contribution in [1.82, 2.24) is 4.98 Å². The smallest absolute Gasteiger partial charge is 0.261 e. The fourth-order valence-corrected chi connectivity index (χ4v) is 2.86. The van der Waals surface area contributed by atoms with Crippen molar-refractivity contribution in [1.29, 1.82) is 0 Å². The van der Waals surface area contributed by atoms with E-state index in [1.165, 1.54) is 11.3 Å². The van der Waals surface area contributed by atoms with Crippen LogP contribution in [-0.2, 0) is 17.6 Å². The number of ether oxygens (including phenoxy) is 1. The molecule has 1 aliphatic rings. The van der Waals surface area contributed by atoms with Crippen LogP contribution in [0.4, 0.5) is 8.78 Å². The number of ketones is 1. The van der Waals surface area contributed by atoms with Gasteiger partial charge >= 0.3 is 0 Å². The number of halogens is 2. The molecular weight excluding hydrogens is 248 g/mol. The molecule has 3 nitrogen and oxygen atoms in total. The van der Waals surface area contributed by atoms with Crippen LogP contribution in [-0.4, -0.2) is 30.4 Å². The minimum atomic E-state index is -2.43. The van der Waals surface area contributed by atoms with Gasteiger partial charge in [0.2, 0.25) is 0 Å². The summed E-state index contributed by atoms with van der Waals surface area (Å²) in [5.41, 5.74) is 0.588. The first-order valence-electron chi connectivity index (χ1n) is 5.54. The van der Waals surface area contributed by atoms with Crippen LogP contribution in [0.3, 0.4) is 0 Å². The number of hydrogen-bond acceptors (Lipinski definition) is 4. The Kier molecular flexibility index (Phi) is 4.17. The molecule has 1 aromatic rings. The molecule has 0 saturated heterocycles. The Hall–Kier alpha value is -0.880. The highest BCUT2D eigenvalue weighted by atomic mass is 32.1. The lowest BCUT2D eigenvalue weighted by atomic mass is 10.0. The Bertz CT molecular complexity index is 406. The summed E-state index contributed by atoms with van der Waals surface area (Å²) >= 11 is 1.50. The molecule has 0 aliphatic heterocycles. The van der Waals surface area contributed by atoms with Gasteiger partial charge in [0.05, 0.1) is 11.6 Å². The number of carbonyl (C=O) groups excluding carboxylic acids is 1. The number of nitrogens with zero attached hydrogens (tertiary/aromatic N) is 1. The Morgan fingerprint density at radius 2 is 2.24 bits per heavy atom. The Labute approximate surface area is 102 Å². The van der Waals surface area contributed by atoms with Gasteiger partial charge in [-0.3, -0.25) is 4.79 Å². The van der Waals surface area contributed by atoms with Crippen LogP contribution < -0.4 is 0 Å². The summed E-state index contributed by atoms with van der Waals surface area (Å²) in [7, 11) is 0. The molecule has 0 atom stereocenters. The third-order valence-electron chi connectivity index (χ3n) is 2.52. The van der Waals surface area contributed by atoms with Gasteiger partial charge in [0.15, 0.2) is 5.78 Å². The van der Waals surface area contributed by atoms with E-state index in [9.17, 15) is 13.6 Å². The van der Waals surface area contributed by atoms with E-state index in [1.807, 2.05) is 0 Å². The molecular formula is C11H13F2NO2S. The van der Waals surface area contributed by atoms with Crippen molar-refractivity contribution < 1.29 is 18.3 Å². The predicted molar refractivity (Wildman–Crippen MR) is 59.9 cm³/mol. The van der Waals surface area contributed by atoms with E-state index in [-0.39, 0.29) is 12.4 Å². The highest BCUT2D eigenvalue weighted by Gasteiger charge is 2.21. The number of thiazole rings is 1. The zero-order valence-corrected chi connectivity index (χ0v) is 10.1. The molecule has 2 rings (SSSR count). The molecule has 0 saturated carbocycles. The highest BCUT2D eigenvalue weighted by Crippen LogP contribution is 2.26. The predicted octanol–water partition coefficient (Wildman–Crippen LogP) is 2.49. The number of rotatable bonds is 5. The SMILES string of the molecule is O=C1CCCc2sc(CCOCC(F)F)nc21. The fourth-order valence-electron chi connectivity index (χ4n) is 1.75. The molecule has 17 heavy (non-hydrogen) atoms. The zero-order valence-electron chi connectivity index (χ0n) is 9.25. The van der Waals surface area contributed by atoms with Crippen LogP contribution in [0, 0.1) is 0 Å². The first-order chi connectivity index (χ1) is 8.16. The average molecular weight is 261 g/mol. The van der Waals surface area contributed by atoms with Crippen LogP contribution in [0.5, 0.6) is 0 Å². The number of Topliss-reactive ketones (excluding diaryl/α,β-unsaturated/α-hetero) is 1. The largest absolute Gasteiger partial charge is 0.375 e. The van der Waals surface area contributed by atoms with Gasteiger partial charge in [0.1, 0.15) is 12.3 Å². The summed E-state index contributed by atoms with van der Waals surface area (Å²) in [6.07, 6.45) is 0.419. The molecule has 6 heteroatoms. The standard InChI is InChI=1S/C11H13F2NO2S/c12-9(13)6-16-5-4-10-14-11-7(15)2-1-3-8(11)17-10/h9H,1-6H2. The molecule has 1 aliphatic carbocycles. The molecule has 0 radical (unpaired) electrons. The first kappa shape index (κ1) is 12.6. The van der Waals surface area contributed by atoms with Gasteiger partial charge in [-0.2, -0.15) is 0 Å². The van der Waals surface area contributed by atoms with Crippen LogP contribution in [0.1, 0.15) is 33.2 Å². The van der Waals surface area contributed by atoms with Crippen molar-refractivity contribution in [3.63, 3.8) is 0 Å². The Balaban J connectivity index is 1.88. The summed E-state index contributed by atoms with van der Waals surface area (Å²) in [5, 5.41) is 0.805. The highest BCUT2D eigenvalue weighted by molar-refractivity contribution is 7.12. The lowest BCUT2D eigenvalue weighted by Crippen LogP contribution is -2.09. The van der Waals surface area contributed by atoms with E-state index < -0.39 is 13.0 Å². The van der Waals surface area contributed by atoms with Gasteiger partial charge in [-0.15, -0.1) is 11.3 Å². The number of aryl methyl sites for hydroxylation is 1. The van der Waals surface area contributed by atoms with Crippen molar-refractivity contribution >= 4 is 17.1 Å². The van der Waals surface area contributed by atoms with E-state index in [0.717, 1.165) is 22.7 Å². The van der Waals surface area contributed by atoms with Crippen molar-refractivity contribution in [2.75, 3.05) is 13.2 Å². The van der Waals surface area contributed by atoms with Gasteiger partial charge in [-0.05, 0) is 12.8 Å². The van der Waals surface area contributed by atoms with Crippen molar-refractivity contribution in [2.45, 2.75) is 32.1 Å². The van der Waals surface area contributed by atoms with E-state index in [2.05, 4.69) is 4.98 Å². The molecule has 0 spiro atoms. The third kappa shape index (κ3) is 3.29. The number of aromatic nitrogens is 1. The van der Waals surface area contributed by atoms with Crippen LogP contribution >= 0.6 is 11.3 Å². The van der Waals surface area contributed by atoms with Gasteiger partial charge in [0, 0.05) is 17.7 Å². The van der Waals surface area contributed by atoms with Crippen LogP contribution in [0.25, 0.3) is 0 Å². The molecule has 0 amide bonds. The summed E-state index contributed by atoms with van der Waals surface area (Å²) < 4.78 is 28.4. The average Bonchev–Trinajstić information content (AvgIpc) is 2.69. The first-order valence-corrected chi connectivity index (χ1v) is 6.36. The summed E-state index contributed by atoms with van der Waals surface area (Å²) in [4.78, 5) is 16.8. The van der Waals surface area contributed by atoms with E-state index in [1.54, 1.807) is 0 Å². The second-order valence-corrected chi connectivity index (χ2v) is 5.04. The molecule has 1 heterocycles. The molecule has 0 unspecified atom stereocenters. The van der Waals surface area contributed by atoms with Gasteiger partial charge in [-0.25, -0.2) is 13.8 Å². The van der Waals surface area contributed by atoms with Gasteiger partial charge in [-0.1, -0.05) is 0 Å². The number of alkyl halides is 2. The van der Waals surface area contributed by atoms with Crippen molar-refractivity contribution in [3.05, 3.63) is 15.6 Å². The van der Waals surface area contributed by atoms with E-state index in [0.29, 0.717) is 18.5 Å². The minimum absolute atomic E-state index is 0.0993. The van der Waals surface area contributed by atoms with Crippen molar-refractivity contribution in [2.24, 2.45) is 0 Å². The number of carbonyl (C=O) groups is 1.